The van der Waals surface area contributed by atoms with Crippen LogP contribution in [0.15, 0.2) is 12.3 Å². The van der Waals surface area contributed by atoms with E-state index in [2.05, 4.69) is 15.6 Å². The van der Waals surface area contributed by atoms with Crippen molar-refractivity contribution in [3.8, 4) is 5.75 Å². The second-order valence-corrected chi connectivity index (χ2v) is 8.31. The van der Waals surface area contributed by atoms with E-state index in [9.17, 15) is 9.59 Å². The highest BCUT2D eigenvalue weighted by atomic mass is 35.5. The third kappa shape index (κ3) is 5.24. The number of alkyl carbamates (subject to hydrolysis) is 1. The summed E-state index contributed by atoms with van der Waals surface area (Å²) in [5.41, 5.74) is -0.690. The first-order chi connectivity index (χ1) is 12.2. The molecule has 0 aliphatic heterocycles. The first-order valence-electron chi connectivity index (χ1n) is 8.76. The smallest absolute Gasteiger partial charge is 0.408 e. The van der Waals surface area contributed by atoms with Gasteiger partial charge in [0.1, 0.15) is 23.1 Å². The molecule has 0 aromatic carbocycles. The minimum atomic E-state index is -0.551. The second-order valence-electron chi connectivity index (χ2n) is 7.95. The van der Waals surface area contributed by atoms with Crippen LogP contribution in [-0.2, 0) is 4.74 Å². The maximum Gasteiger partial charge on any atom is 0.408 e. The monoisotopic (exact) mass is 381 g/mol. The highest BCUT2D eigenvalue weighted by molar-refractivity contribution is 6.32. The predicted octanol–water partition coefficient (Wildman–Crippen LogP) is 3.06. The number of pyridine rings is 1. The van der Waals surface area contributed by atoms with Gasteiger partial charge in [0.25, 0.3) is 5.91 Å². The molecular formula is C18H24ClN3O4. The molecule has 0 atom stereocenters. The zero-order valence-electron chi connectivity index (χ0n) is 15.2. The Kier molecular flexibility index (Phi) is 5.01. The lowest BCUT2D eigenvalue weighted by Crippen LogP contribution is -2.44. The van der Waals surface area contributed by atoms with Crippen molar-refractivity contribution in [2.45, 2.75) is 63.6 Å². The molecular weight excluding hydrogens is 358 g/mol. The summed E-state index contributed by atoms with van der Waals surface area (Å²) in [7, 11) is 0. The quantitative estimate of drug-likeness (QED) is 0.739. The third-order valence-electron chi connectivity index (χ3n) is 4.11. The number of hydrogen-bond donors (Lipinski definition) is 2. The molecule has 8 heteroatoms. The van der Waals surface area contributed by atoms with Crippen LogP contribution in [0.3, 0.4) is 0 Å². The lowest BCUT2D eigenvalue weighted by Gasteiger charge is -2.23. The second kappa shape index (κ2) is 6.95. The van der Waals surface area contributed by atoms with Gasteiger partial charge in [0.2, 0.25) is 0 Å². The zero-order chi connectivity index (χ0) is 18.9. The first kappa shape index (κ1) is 18.8. The Hall–Kier alpha value is -2.02. The van der Waals surface area contributed by atoms with E-state index in [0.29, 0.717) is 11.3 Å². The van der Waals surface area contributed by atoms with E-state index in [4.69, 9.17) is 21.1 Å². The molecule has 2 aliphatic carbocycles. The van der Waals surface area contributed by atoms with Gasteiger partial charge < -0.3 is 20.1 Å². The molecule has 2 fully saturated rings. The summed E-state index contributed by atoms with van der Waals surface area (Å²) < 4.78 is 11.0. The summed E-state index contributed by atoms with van der Waals surface area (Å²) in [5, 5.41) is 5.89. The van der Waals surface area contributed by atoms with Gasteiger partial charge in [0.05, 0.1) is 17.3 Å². The maximum absolute atomic E-state index is 12.2. The van der Waals surface area contributed by atoms with E-state index in [1.807, 2.05) is 20.8 Å². The average Bonchev–Trinajstić information content (AvgIpc) is 3.43. The molecule has 0 radical (unpaired) electrons. The van der Waals surface area contributed by atoms with Crippen molar-refractivity contribution in [2.75, 3.05) is 6.61 Å². The van der Waals surface area contributed by atoms with Gasteiger partial charge in [-0.05, 0) is 52.5 Å². The van der Waals surface area contributed by atoms with Gasteiger partial charge in [-0.25, -0.2) is 9.78 Å². The molecule has 26 heavy (non-hydrogen) atoms. The molecule has 1 aromatic rings. The fourth-order valence-electron chi connectivity index (χ4n) is 2.36. The molecule has 0 bridgehead atoms. The minimum Gasteiger partial charge on any atom is -0.490 e. The molecule has 2 amide bonds. The van der Waals surface area contributed by atoms with E-state index in [1.165, 1.54) is 6.20 Å². The lowest BCUT2D eigenvalue weighted by atomic mass is 10.2. The van der Waals surface area contributed by atoms with Crippen LogP contribution in [0, 0.1) is 0 Å². The third-order valence-corrected chi connectivity index (χ3v) is 4.41. The Morgan fingerprint density at radius 3 is 2.62 bits per heavy atom. The predicted molar refractivity (Wildman–Crippen MR) is 96.6 cm³/mol. The molecule has 142 valence electrons. The van der Waals surface area contributed by atoms with Crippen molar-refractivity contribution < 1.29 is 19.1 Å². The topological polar surface area (TPSA) is 89.6 Å². The molecule has 7 nitrogen and oxygen atoms in total. The highest BCUT2D eigenvalue weighted by Gasteiger charge is 2.46. The molecule has 2 N–H and O–H groups in total. The van der Waals surface area contributed by atoms with Crippen LogP contribution in [0.1, 0.15) is 56.8 Å². The van der Waals surface area contributed by atoms with Crippen LogP contribution in [0.25, 0.3) is 0 Å². The number of carbonyl (C=O) groups excluding carboxylic acids is 2. The van der Waals surface area contributed by atoms with Crippen molar-refractivity contribution >= 4 is 23.6 Å². The number of aromatic nitrogens is 1. The Morgan fingerprint density at radius 2 is 2.04 bits per heavy atom. The fraction of sp³-hybridized carbons (Fsp3) is 0.611. The summed E-state index contributed by atoms with van der Waals surface area (Å²) in [6.45, 7) is 5.72. The summed E-state index contributed by atoms with van der Waals surface area (Å²) in [5.74, 6) is 0.191. The molecule has 0 spiro atoms. The summed E-state index contributed by atoms with van der Waals surface area (Å²) in [6.07, 6.45) is 4.61. The van der Waals surface area contributed by atoms with Crippen LogP contribution in [-0.4, -0.2) is 40.8 Å². The van der Waals surface area contributed by atoms with Crippen LogP contribution in [0.4, 0.5) is 4.79 Å². The fourth-order valence-corrected chi connectivity index (χ4v) is 2.54. The van der Waals surface area contributed by atoms with E-state index >= 15 is 0 Å². The van der Waals surface area contributed by atoms with Crippen molar-refractivity contribution in [3.05, 3.63) is 23.0 Å². The van der Waals surface area contributed by atoms with Crippen LogP contribution in [0.2, 0.25) is 5.15 Å². The number of nitrogens with zero attached hydrogens (tertiary/aromatic N) is 1. The number of hydrogen-bond acceptors (Lipinski definition) is 5. The highest BCUT2D eigenvalue weighted by Crippen LogP contribution is 2.36. The maximum atomic E-state index is 12.2. The van der Waals surface area contributed by atoms with Gasteiger partial charge in [-0.1, -0.05) is 11.6 Å². The number of rotatable bonds is 6. The van der Waals surface area contributed by atoms with Gasteiger partial charge in [-0.3, -0.25) is 4.79 Å². The minimum absolute atomic E-state index is 0.142. The van der Waals surface area contributed by atoms with Crippen LogP contribution in [0.5, 0.6) is 5.75 Å². The molecule has 2 saturated carbocycles. The largest absolute Gasteiger partial charge is 0.490 e. The van der Waals surface area contributed by atoms with Gasteiger partial charge in [0, 0.05) is 6.04 Å². The van der Waals surface area contributed by atoms with Crippen LogP contribution < -0.4 is 15.4 Å². The van der Waals surface area contributed by atoms with E-state index in [0.717, 1.165) is 25.7 Å². The van der Waals surface area contributed by atoms with E-state index < -0.39 is 17.2 Å². The first-order valence-corrected chi connectivity index (χ1v) is 9.14. The summed E-state index contributed by atoms with van der Waals surface area (Å²) >= 11 is 6.03. The molecule has 1 heterocycles. The van der Waals surface area contributed by atoms with E-state index in [-0.39, 0.29) is 23.7 Å². The van der Waals surface area contributed by atoms with Crippen molar-refractivity contribution in [3.63, 3.8) is 0 Å². The molecule has 0 saturated heterocycles. The van der Waals surface area contributed by atoms with Gasteiger partial charge in [0.15, 0.2) is 0 Å². The van der Waals surface area contributed by atoms with Gasteiger partial charge in [-0.15, -0.1) is 0 Å². The molecule has 0 unspecified atom stereocenters. The van der Waals surface area contributed by atoms with Crippen LogP contribution >= 0.6 is 11.6 Å². The number of nitrogens with one attached hydrogen (secondary N) is 2. The molecule has 3 rings (SSSR count). The van der Waals surface area contributed by atoms with Crippen molar-refractivity contribution in [1.82, 2.24) is 15.6 Å². The van der Waals surface area contributed by atoms with Gasteiger partial charge >= 0.3 is 6.09 Å². The Labute approximate surface area is 157 Å². The standard InChI is InChI=1S/C18H24ClN3O4/c1-17(2,3)26-16(24)22-18(6-7-18)10-25-12-8-13(14(19)20-9-12)15(23)21-11-4-5-11/h8-9,11H,4-7,10H2,1-3H3,(H,21,23)(H,22,24). The van der Waals surface area contributed by atoms with Gasteiger partial charge in [-0.2, -0.15) is 0 Å². The lowest BCUT2D eigenvalue weighted by molar-refractivity contribution is 0.0477. The molecule has 1 aromatic heterocycles. The van der Waals surface area contributed by atoms with Crippen molar-refractivity contribution in [2.24, 2.45) is 0 Å². The van der Waals surface area contributed by atoms with E-state index in [1.54, 1.807) is 6.07 Å². The van der Waals surface area contributed by atoms with Crippen molar-refractivity contribution in [1.29, 1.82) is 0 Å². The Balaban J connectivity index is 1.57. The molecule has 2 aliphatic rings. The SMILES string of the molecule is CC(C)(C)OC(=O)NC1(COc2cnc(Cl)c(C(=O)NC3CC3)c2)CC1. The number of ether oxygens (including phenoxy) is 2. The summed E-state index contributed by atoms with van der Waals surface area (Å²) in [6, 6.07) is 1.81. The average molecular weight is 382 g/mol. The normalized spacial score (nSPS) is 18.0. The Bertz CT molecular complexity index is 709. The Morgan fingerprint density at radius 1 is 1.35 bits per heavy atom. The number of halogens is 1. The number of carbonyl (C=O) groups is 2. The summed E-state index contributed by atoms with van der Waals surface area (Å²) in [4.78, 5) is 28.2. The number of amides is 2. The zero-order valence-corrected chi connectivity index (χ0v) is 16.0.